The number of sulfonamides is 1. The number of amidine groups is 1. The predicted octanol–water partition coefficient (Wildman–Crippen LogP) is 1.66. The third kappa shape index (κ3) is 5.28. The molecule has 0 spiro atoms. The molecule has 10 heteroatoms. The number of para-hydroxylation sites is 1. The maximum Gasteiger partial charge on any atom is 0.286 e. The third-order valence-electron chi connectivity index (χ3n) is 6.66. The third-order valence-corrected chi connectivity index (χ3v) is 8.04. The number of anilines is 1. The second-order valence-corrected chi connectivity index (χ2v) is 11.7. The molecule has 2 aromatic carbocycles. The zero-order valence-corrected chi connectivity index (χ0v) is 20.9. The minimum Gasteiger partial charge on any atom is -0.454 e. The summed E-state index contributed by atoms with van der Waals surface area (Å²) in [5.74, 6) is 2.06. The van der Waals surface area contributed by atoms with Gasteiger partial charge in [0.05, 0.1) is 31.9 Å². The summed E-state index contributed by atoms with van der Waals surface area (Å²) >= 11 is 0. The summed E-state index contributed by atoms with van der Waals surface area (Å²) in [4.78, 5) is 16.6. The quantitative estimate of drug-likeness (QED) is 0.627. The van der Waals surface area contributed by atoms with Crippen molar-refractivity contribution in [2.45, 2.75) is 38.1 Å². The van der Waals surface area contributed by atoms with Crippen molar-refractivity contribution < 1.29 is 27.6 Å². The lowest BCUT2D eigenvalue weighted by Gasteiger charge is -2.34. The Morgan fingerprint density at radius 2 is 1.86 bits per heavy atom. The highest BCUT2D eigenvalue weighted by atomic mass is 32.2. The number of nitrogens with zero attached hydrogens (tertiary/aromatic N) is 2. The molecule has 9 nitrogen and oxygen atoms in total. The average Bonchev–Trinajstić information content (AvgIpc) is 3.26. The van der Waals surface area contributed by atoms with E-state index in [4.69, 9.17) is 9.47 Å². The molecule has 0 unspecified atom stereocenters. The highest BCUT2D eigenvalue weighted by molar-refractivity contribution is 7.90. The Labute approximate surface area is 205 Å². The van der Waals surface area contributed by atoms with Gasteiger partial charge in [0.2, 0.25) is 12.7 Å². The van der Waals surface area contributed by atoms with Gasteiger partial charge in [-0.3, -0.25) is 4.79 Å². The molecule has 186 valence electrons. The number of amides is 1. The SMILES string of the molecule is CC(C)(CC(=O)N1CC[NH+](Cc2ccc3c(c2)OCO3)CC1)CC1=NS(=O)(=O)c2ccccc2N1. The van der Waals surface area contributed by atoms with Gasteiger partial charge in [0.1, 0.15) is 17.3 Å². The molecule has 1 amide bonds. The molecule has 0 saturated carbocycles. The Morgan fingerprint density at radius 3 is 2.66 bits per heavy atom. The van der Waals surface area contributed by atoms with Crippen molar-refractivity contribution in [3.05, 3.63) is 48.0 Å². The van der Waals surface area contributed by atoms with Gasteiger partial charge in [0, 0.05) is 18.4 Å². The van der Waals surface area contributed by atoms with Crippen LogP contribution in [0.15, 0.2) is 51.8 Å². The predicted molar refractivity (Wildman–Crippen MR) is 131 cm³/mol. The van der Waals surface area contributed by atoms with Gasteiger partial charge in [-0.05, 0) is 35.7 Å². The van der Waals surface area contributed by atoms with Crippen LogP contribution in [0.3, 0.4) is 0 Å². The van der Waals surface area contributed by atoms with Crippen molar-refractivity contribution >= 4 is 27.5 Å². The van der Waals surface area contributed by atoms with E-state index in [1.807, 2.05) is 30.9 Å². The summed E-state index contributed by atoms with van der Waals surface area (Å²) in [7, 11) is -3.74. The van der Waals surface area contributed by atoms with Crippen molar-refractivity contribution in [1.29, 1.82) is 0 Å². The summed E-state index contributed by atoms with van der Waals surface area (Å²) in [6.07, 6.45) is 0.689. The van der Waals surface area contributed by atoms with Crippen LogP contribution in [0.4, 0.5) is 5.69 Å². The number of ether oxygens (including phenoxy) is 2. The maximum absolute atomic E-state index is 13.1. The van der Waals surface area contributed by atoms with Gasteiger partial charge < -0.3 is 24.6 Å². The molecule has 0 aromatic heterocycles. The van der Waals surface area contributed by atoms with Crippen LogP contribution in [-0.4, -0.2) is 58.0 Å². The molecular formula is C25H31N4O5S+. The average molecular weight is 500 g/mol. The Bertz CT molecular complexity index is 1270. The van der Waals surface area contributed by atoms with E-state index in [9.17, 15) is 13.2 Å². The van der Waals surface area contributed by atoms with Crippen molar-refractivity contribution in [3.8, 4) is 11.5 Å². The first-order valence-corrected chi connectivity index (χ1v) is 13.3. The van der Waals surface area contributed by atoms with E-state index in [1.165, 1.54) is 10.5 Å². The lowest BCUT2D eigenvalue weighted by Crippen LogP contribution is -3.13. The minimum absolute atomic E-state index is 0.0943. The molecule has 1 fully saturated rings. The molecule has 3 aliphatic rings. The molecule has 5 rings (SSSR count). The van der Waals surface area contributed by atoms with Gasteiger partial charge in [-0.2, -0.15) is 8.42 Å². The van der Waals surface area contributed by atoms with Gasteiger partial charge in [-0.1, -0.05) is 26.0 Å². The van der Waals surface area contributed by atoms with Gasteiger partial charge in [-0.15, -0.1) is 4.40 Å². The standard InChI is InChI=1S/C25H30N4O5S/c1-25(2,14-23-26-19-5-3-4-6-22(19)35(31,32)27-23)15-24(30)29-11-9-28(10-12-29)16-18-7-8-20-21(13-18)34-17-33-20/h3-8,13H,9-12,14-17H2,1-2H3,(H,26,27)/p+1. The van der Waals surface area contributed by atoms with E-state index < -0.39 is 15.4 Å². The van der Waals surface area contributed by atoms with E-state index in [2.05, 4.69) is 15.8 Å². The Hall–Kier alpha value is -3.11. The second kappa shape index (κ2) is 9.16. The number of quaternary nitrogens is 1. The molecule has 1 saturated heterocycles. The lowest BCUT2D eigenvalue weighted by molar-refractivity contribution is -0.917. The number of piperazine rings is 1. The van der Waals surface area contributed by atoms with Gasteiger partial charge in [0.15, 0.2) is 11.5 Å². The number of carbonyl (C=O) groups excluding carboxylic acids is 1. The van der Waals surface area contributed by atoms with Crippen LogP contribution >= 0.6 is 0 Å². The lowest BCUT2D eigenvalue weighted by atomic mass is 9.84. The van der Waals surface area contributed by atoms with E-state index >= 15 is 0 Å². The van der Waals surface area contributed by atoms with Crippen LogP contribution in [0.1, 0.15) is 32.3 Å². The van der Waals surface area contributed by atoms with E-state index in [0.29, 0.717) is 37.5 Å². The second-order valence-electron chi connectivity index (χ2n) is 10.1. The zero-order chi connectivity index (χ0) is 24.6. The number of hydrogen-bond donors (Lipinski definition) is 2. The van der Waals surface area contributed by atoms with E-state index in [0.717, 1.165) is 31.1 Å². The van der Waals surface area contributed by atoms with Crippen LogP contribution < -0.4 is 19.7 Å². The van der Waals surface area contributed by atoms with E-state index in [1.54, 1.807) is 24.3 Å². The highest BCUT2D eigenvalue weighted by Gasteiger charge is 2.32. The Balaban J connectivity index is 1.14. The van der Waals surface area contributed by atoms with Crippen LogP contribution in [-0.2, 0) is 21.4 Å². The number of benzene rings is 2. The first-order valence-electron chi connectivity index (χ1n) is 11.9. The van der Waals surface area contributed by atoms with Crippen molar-refractivity contribution in [2.75, 3.05) is 38.3 Å². The number of nitrogens with one attached hydrogen (secondary N) is 2. The molecule has 0 aliphatic carbocycles. The first kappa shape index (κ1) is 23.6. The van der Waals surface area contributed by atoms with Crippen LogP contribution in [0, 0.1) is 5.41 Å². The largest absolute Gasteiger partial charge is 0.454 e. The fourth-order valence-corrected chi connectivity index (χ4v) is 6.02. The maximum atomic E-state index is 13.1. The Kier molecular flexibility index (Phi) is 6.18. The first-order chi connectivity index (χ1) is 16.7. The highest BCUT2D eigenvalue weighted by Crippen LogP contribution is 2.33. The number of fused-ring (bicyclic) bond motifs is 2. The molecule has 3 aliphatic heterocycles. The van der Waals surface area contributed by atoms with Crippen molar-refractivity contribution in [3.63, 3.8) is 0 Å². The van der Waals surface area contributed by atoms with Crippen molar-refractivity contribution in [1.82, 2.24) is 4.90 Å². The summed E-state index contributed by atoms with van der Waals surface area (Å²) in [5, 5.41) is 3.13. The number of rotatable bonds is 6. The van der Waals surface area contributed by atoms with Crippen LogP contribution in [0.2, 0.25) is 0 Å². The molecule has 0 atom stereocenters. The van der Waals surface area contributed by atoms with Crippen LogP contribution in [0.5, 0.6) is 11.5 Å². The fourth-order valence-electron chi connectivity index (χ4n) is 4.87. The van der Waals surface area contributed by atoms with E-state index in [-0.39, 0.29) is 17.6 Å². The number of carbonyl (C=O) groups is 1. The summed E-state index contributed by atoms with van der Waals surface area (Å²) in [5.41, 5.74) is 1.28. The van der Waals surface area contributed by atoms with Gasteiger partial charge in [0.25, 0.3) is 10.0 Å². The molecular weight excluding hydrogens is 468 g/mol. The monoisotopic (exact) mass is 499 g/mol. The normalized spacial score (nSPS) is 19.0. The van der Waals surface area contributed by atoms with Crippen molar-refractivity contribution in [2.24, 2.45) is 9.81 Å². The minimum atomic E-state index is -3.74. The number of hydrogen-bond acceptors (Lipinski definition) is 6. The van der Waals surface area contributed by atoms with Gasteiger partial charge in [-0.25, -0.2) is 0 Å². The summed E-state index contributed by atoms with van der Waals surface area (Å²) in [6, 6.07) is 12.8. The zero-order valence-electron chi connectivity index (χ0n) is 20.0. The fraction of sp³-hybridized carbons (Fsp3) is 0.440. The van der Waals surface area contributed by atoms with Crippen LogP contribution in [0.25, 0.3) is 0 Å². The topological polar surface area (TPSA) is 102 Å². The molecule has 0 bridgehead atoms. The molecule has 35 heavy (non-hydrogen) atoms. The Morgan fingerprint density at radius 1 is 1.11 bits per heavy atom. The van der Waals surface area contributed by atoms with Gasteiger partial charge >= 0.3 is 0 Å². The molecule has 3 heterocycles. The summed E-state index contributed by atoms with van der Waals surface area (Å²) in [6.45, 7) is 8.27. The molecule has 2 aromatic rings. The molecule has 2 N–H and O–H groups in total. The molecule has 0 radical (unpaired) electrons. The summed E-state index contributed by atoms with van der Waals surface area (Å²) < 4.78 is 39.9. The smallest absolute Gasteiger partial charge is 0.286 e.